The third-order valence-corrected chi connectivity index (χ3v) is 5.82. The molecule has 0 aromatic carbocycles. The van der Waals surface area contributed by atoms with Crippen LogP contribution in [-0.4, -0.2) is 49.6 Å². The highest BCUT2D eigenvalue weighted by molar-refractivity contribution is 5.85. The largest absolute Gasteiger partial charge is 0.353 e. The quantitative estimate of drug-likeness (QED) is 0.806. The lowest BCUT2D eigenvalue weighted by Crippen LogP contribution is -2.47. The van der Waals surface area contributed by atoms with Crippen molar-refractivity contribution in [2.75, 3.05) is 32.7 Å². The predicted octanol–water partition coefficient (Wildman–Crippen LogP) is 2.57. The summed E-state index contributed by atoms with van der Waals surface area (Å²) in [5, 5.41) is 6.80. The van der Waals surface area contributed by atoms with Crippen LogP contribution in [0, 0.1) is 11.8 Å². The van der Waals surface area contributed by atoms with Crippen molar-refractivity contribution >= 4 is 18.3 Å². The summed E-state index contributed by atoms with van der Waals surface area (Å²) in [5.74, 6) is 1.81. The molecule has 134 valence electrons. The zero-order valence-corrected chi connectivity index (χ0v) is 15.2. The Morgan fingerprint density at radius 2 is 1.70 bits per heavy atom. The van der Waals surface area contributed by atoms with Crippen LogP contribution in [0.4, 0.5) is 0 Å². The minimum Gasteiger partial charge on any atom is -0.353 e. The van der Waals surface area contributed by atoms with Gasteiger partial charge in [0.05, 0.1) is 0 Å². The summed E-state index contributed by atoms with van der Waals surface area (Å²) in [5.41, 5.74) is 0. The van der Waals surface area contributed by atoms with Gasteiger partial charge in [0.1, 0.15) is 0 Å². The monoisotopic (exact) mass is 343 g/mol. The fraction of sp³-hybridized carbons (Fsp3) is 0.944. The van der Waals surface area contributed by atoms with Crippen LogP contribution in [0.1, 0.15) is 57.8 Å². The highest BCUT2D eigenvalue weighted by Gasteiger charge is 2.25. The minimum absolute atomic E-state index is 0. The molecule has 1 unspecified atom stereocenters. The molecule has 3 rings (SSSR count). The van der Waals surface area contributed by atoms with Crippen molar-refractivity contribution in [1.82, 2.24) is 15.5 Å². The van der Waals surface area contributed by atoms with E-state index in [9.17, 15) is 4.79 Å². The van der Waals surface area contributed by atoms with Gasteiger partial charge in [-0.1, -0.05) is 12.8 Å². The second-order valence-corrected chi connectivity index (χ2v) is 7.71. The van der Waals surface area contributed by atoms with Gasteiger partial charge in [-0.15, -0.1) is 12.4 Å². The van der Waals surface area contributed by atoms with E-state index in [0.717, 1.165) is 38.3 Å². The molecular weight excluding hydrogens is 310 g/mol. The van der Waals surface area contributed by atoms with Crippen LogP contribution in [0.2, 0.25) is 0 Å². The summed E-state index contributed by atoms with van der Waals surface area (Å²) in [7, 11) is 0. The van der Waals surface area contributed by atoms with Gasteiger partial charge in [0.25, 0.3) is 0 Å². The number of carbonyl (C=O) groups is 1. The van der Waals surface area contributed by atoms with Gasteiger partial charge in [-0.2, -0.15) is 0 Å². The SMILES string of the molecule is Cl.O=C(CC1CCCC1)NC1CCN(CC2CCCNC2)CC1. The molecule has 3 fully saturated rings. The number of hydrogen-bond acceptors (Lipinski definition) is 3. The molecule has 3 aliphatic rings. The molecule has 1 saturated carbocycles. The molecule has 0 bridgehead atoms. The van der Waals surface area contributed by atoms with E-state index in [1.165, 1.54) is 58.2 Å². The van der Waals surface area contributed by atoms with Crippen LogP contribution in [0.15, 0.2) is 0 Å². The molecule has 5 heteroatoms. The maximum absolute atomic E-state index is 12.1. The van der Waals surface area contributed by atoms with Crippen molar-refractivity contribution in [3.8, 4) is 0 Å². The van der Waals surface area contributed by atoms with Crippen molar-refractivity contribution in [3.63, 3.8) is 0 Å². The molecule has 2 N–H and O–H groups in total. The van der Waals surface area contributed by atoms with Crippen molar-refractivity contribution in [1.29, 1.82) is 0 Å². The molecule has 1 aliphatic carbocycles. The van der Waals surface area contributed by atoms with Crippen molar-refractivity contribution in [2.24, 2.45) is 11.8 Å². The van der Waals surface area contributed by atoms with Gasteiger partial charge in [-0.05, 0) is 63.5 Å². The number of piperidine rings is 2. The zero-order valence-electron chi connectivity index (χ0n) is 14.4. The second-order valence-electron chi connectivity index (χ2n) is 7.71. The molecule has 2 heterocycles. The van der Waals surface area contributed by atoms with E-state index < -0.39 is 0 Å². The molecule has 0 spiro atoms. The second kappa shape index (κ2) is 9.85. The summed E-state index contributed by atoms with van der Waals surface area (Å²) >= 11 is 0. The number of halogens is 1. The van der Waals surface area contributed by atoms with Crippen LogP contribution in [0.3, 0.4) is 0 Å². The Kier molecular flexibility index (Phi) is 8.14. The van der Waals surface area contributed by atoms with E-state index in [1.54, 1.807) is 0 Å². The fourth-order valence-electron chi connectivity index (χ4n) is 4.47. The van der Waals surface area contributed by atoms with Crippen LogP contribution < -0.4 is 10.6 Å². The first-order chi connectivity index (χ1) is 10.8. The van der Waals surface area contributed by atoms with Crippen LogP contribution in [-0.2, 0) is 4.79 Å². The number of amides is 1. The van der Waals surface area contributed by atoms with Gasteiger partial charge in [0.2, 0.25) is 5.91 Å². The van der Waals surface area contributed by atoms with E-state index in [1.807, 2.05) is 0 Å². The lowest BCUT2D eigenvalue weighted by atomic mass is 9.97. The van der Waals surface area contributed by atoms with Gasteiger partial charge in [-0.3, -0.25) is 4.79 Å². The van der Waals surface area contributed by atoms with Gasteiger partial charge in [0, 0.05) is 32.1 Å². The van der Waals surface area contributed by atoms with E-state index >= 15 is 0 Å². The van der Waals surface area contributed by atoms with Gasteiger partial charge in [-0.25, -0.2) is 0 Å². The predicted molar refractivity (Wildman–Crippen MR) is 97.0 cm³/mol. The number of likely N-dealkylation sites (tertiary alicyclic amines) is 1. The van der Waals surface area contributed by atoms with E-state index in [0.29, 0.717) is 17.9 Å². The number of hydrogen-bond donors (Lipinski definition) is 2. The van der Waals surface area contributed by atoms with Crippen LogP contribution in [0.5, 0.6) is 0 Å². The highest BCUT2D eigenvalue weighted by Crippen LogP contribution is 2.27. The Balaban J connectivity index is 0.00000192. The van der Waals surface area contributed by atoms with Gasteiger partial charge < -0.3 is 15.5 Å². The summed E-state index contributed by atoms with van der Waals surface area (Å²) < 4.78 is 0. The molecule has 4 nitrogen and oxygen atoms in total. The third-order valence-electron chi connectivity index (χ3n) is 5.82. The molecule has 23 heavy (non-hydrogen) atoms. The molecule has 1 amide bonds. The molecule has 0 radical (unpaired) electrons. The average molecular weight is 344 g/mol. The molecule has 1 atom stereocenters. The maximum Gasteiger partial charge on any atom is 0.220 e. The lowest BCUT2D eigenvalue weighted by molar-refractivity contribution is -0.123. The summed E-state index contributed by atoms with van der Waals surface area (Å²) in [6, 6.07) is 0.426. The summed E-state index contributed by atoms with van der Waals surface area (Å²) in [4.78, 5) is 14.7. The Morgan fingerprint density at radius 1 is 1.00 bits per heavy atom. The number of nitrogens with one attached hydrogen (secondary N) is 2. The smallest absolute Gasteiger partial charge is 0.220 e. The van der Waals surface area contributed by atoms with E-state index in [-0.39, 0.29) is 12.4 Å². The summed E-state index contributed by atoms with van der Waals surface area (Å²) in [6.07, 6.45) is 10.9. The average Bonchev–Trinajstić information content (AvgIpc) is 3.03. The minimum atomic E-state index is 0. The van der Waals surface area contributed by atoms with Crippen molar-refractivity contribution < 1.29 is 4.79 Å². The highest BCUT2D eigenvalue weighted by atomic mass is 35.5. The standard InChI is InChI=1S/C18H33N3O.ClH/c22-18(12-15-4-1-2-5-15)20-17-7-10-21(11-8-17)14-16-6-3-9-19-13-16;/h15-17,19H,1-14H2,(H,20,22);1H. The van der Waals surface area contributed by atoms with Gasteiger partial charge in [0.15, 0.2) is 0 Å². The Bertz CT molecular complexity index is 346. The first-order valence-electron chi connectivity index (χ1n) is 9.52. The third kappa shape index (κ3) is 6.24. The number of rotatable bonds is 5. The van der Waals surface area contributed by atoms with Crippen molar-refractivity contribution in [3.05, 3.63) is 0 Å². The fourth-order valence-corrected chi connectivity index (χ4v) is 4.47. The molecule has 0 aromatic heterocycles. The van der Waals surface area contributed by atoms with Crippen molar-refractivity contribution in [2.45, 2.75) is 63.8 Å². The van der Waals surface area contributed by atoms with E-state index in [4.69, 9.17) is 0 Å². The lowest BCUT2D eigenvalue weighted by Gasteiger charge is -2.35. The number of nitrogens with zero attached hydrogens (tertiary/aromatic N) is 1. The molecule has 0 aromatic rings. The molecule has 2 saturated heterocycles. The Morgan fingerprint density at radius 3 is 2.35 bits per heavy atom. The Labute approximate surface area is 147 Å². The summed E-state index contributed by atoms with van der Waals surface area (Å²) in [6.45, 7) is 5.95. The van der Waals surface area contributed by atoms with Gasteiger partial charge >= 0.3 is 0 Å². The first kappa shape index (κ1) is 19.0. The molecular formula is C18H34ClN3O. The maximum atomic E-state index is 12.1. The zero-order chi connectivity index (χ0) is 15.2. The first-order valence-corrected chi connectivity index (χ1v) is 9.52. The van der Waals surface area contributed by atoms with Crippen LogP contribution >= 0.6 is 12.4 Å². The topological polar surface area (TPSA) is 44.4 Å². The molecule has 2 aliphatic heterocycles. The normalized spacial score (nSPS) is 27.6. The number of carbonyl (C=O) groups excluding carboxylic acids is 1. The Hall–Kier alpha value is -0.320. The van der Waals surface area contributed by atoms with E-state index in [2.05, 4.69) is 15.5 Å². The van der Waals surface area contributed by atoms with Crippen LogP contribution in [0.25, 0.3) is 0 Å².